The number of hydrogen-bond acceptors (Lipinski definition) is 2. The summed E-state index contributed by atoms with van der Waals surface area (Å²) in [5.74, 6) is 0.442. The van der Waals surface area contributed by atoms with Gasteiger partial charge in [-0.15, -0.1) is 0 Å². The first kappa shape index (κ1) is 9.69. The Kier molecular flexibility index (Phi) is 5.30. The van der Waals surface area contributed by atoms with Crippen LogP contribution in [0.15, 0.2) is 0 Å². The van der Waals surface area contributed by atoms with Crippen molar-refractivity contribution in [3.63, 3.8) is 0 Å². The maximum atomic E-state index is 10.1. The molecular weight excluding hydrogens is 148 g/mol. The van der Waals surface area contributed by atoms with Gasteiger partial charge >= 0.3 is 5.30 Å². The molecule has 0 saturated carbocycles. The monoisotopic (exact) mass is 161 g/mol. The van der Waals surface area contributed by atoms with E-state index >= 15 is 0 Å². The lowest BCUT2D eigenvalue weighted by Gasteiger charge is -2.07. The second-order valence-electron chi connectivity index (χ2n) is 2.45. The van der Waals surface area contributed by atoms with E-state index in [4.69, 9.17) is 0 Å². The molecule has 0 spiro atoms. The fourth-order valence-electron chi connectivity index (χ4n) is 0.786. The summed E-state index contributed by atoms with van der Waals surface area (Å²) in [6, 6.07) is 0. The Hall–Kier alpha value is -0.310. The largest absolute Gasteiger partial charge is 0.454 e. The van der Waals surface area contributed by atoms with Crippen LogP contribution in [-0.4, -0.2) is 11.9 Å². The van der Waals surface area contributed by atoms with Crippen LogP contribution in [0, 0.1) is 5.92 Å². The lowest BCUT2D eigenvalue weighted by molar-refractivity contribution is 0.155. The van der Waals surface area contributed by atoms with Gasteiger partial charge in [0.05, 0.1) is 6.61 Å². The summed E-state index contributed by atoms with van der Waals surface area (Å²) in [6.07, 6.45) is 2.21. The molecule has 3 heteroatoms. The molecule has 1 radical (unpaired) electrons. The molecule has 0 aliphatic rings. The summed E-state index contributed by atoms with van der Waals surface area (Å²) >= 11 is 4.22. The molecule has 2 nitrogen and oxygen atoms in total. The molecule has 0 heterocycles. The van der Waals surface area contributed by atoms with Crippen LogP contribution in [0.5, 0.6) is 0 Å². The van der Waals surface area contributed by atoms with Gasteiger partial charge in [0.15, 0.2) is 0 Å². The van der Waals surface area contributed by atoms with Crippen molar-refractivity contribution in [3.8, 4) is 0 Å². The second-order valence-corrected chi connectivity index (χ2v) is 2.79. The highest BCUT2D eigenvalue weighted by Gasteiger charge is 2.02. The first-order chi connectivity index (χ1) is 4.66. The minimum absolute atomic E-state index is 0.442. The fraction of sp³-hybridized carbons (Fsp3) is 0.857. The smallest absolute Gasteiger partial charge is 0.400 e. The molecule has 0 saturated heterocycles. The molecule has 1 unspecified atom stereocenters. The van der Waals surface area contributed by atoms with Gasteiger partial charge in [0, 0.05) is 12.6 Å². The third-order valence-corrected chi connectivity index (χ3v) is 1.39. The van der Waals surface area contributed by atoms with Gasteiger partial charge in [0.2, 0.25) is 0 Å². The molecule has 0 aliphatic carbocycles. The van der Waals surface area contributed by atoms with Crippen molar-refractivity contribution in [2.75, 3.05) is 6.61 Å². The molecule has 0 aromatic rings. The van der Waals surface area contributed by atoms with E-state index in [1.165, 1.54) is 0 Å². The van der Waals surface area contributed by atoms with Crippen LogP contribution in [0.3, 0.4) is 0 Å². The predicted octanol–water partition coefficient (Wildman–Crippen LogP) is 2.76. The Morgan fingerprint density at radius 3 is 2.70 bits per heavy atom. The average molecular weight is 161 g/mol. The molecule has 0 aliphatic heterocycles. The van der Waals surface area contributed by atoms with Gasteiger partial charge in [-0.25, -0.2) is 4.79 Å². The van der Waals surface area contributed by atoms with E-state index in [0.29, 0.717) is 12.5 Å². The summed E-state index contributed by atoms with van der Waals surface area (Å²) in [6.45, 7) is 4.62. The van der Waals surface area contributed by atoms with Gasteiger partial charge in [-0.3, -0.25) is 0 Å². The molecular formula is C7H13O2S. The van der Waals surface area contributed by atoms with Gasteiger partial charge in [-0.05, 0) is 12.3 Å². The SMILES string of the molecule is CCCC(C)COC(=O)[S]. The second kappa shape index (κ2) is 5.47. The normalized spacial score (nSPS) is 12.6. The maximum Gasteiger partial charge on any atom is 0.400 e. The minimum Gasteiger partial charge on any atom is -0.454 e. The molecule has 0 N–H and O–H groups in total. The van der Waals surface area contributed by atoms with E-state index < -0.39 is 5.30 Å². The lowest BCUT2D eigenvalue weighted by atomic mass is 10.1. The molecule has 59 valence electrons. The van der Waals surface area contributed by atoms with Crippen LogP contribution >= 0.6 is 12.6 Å². The van der Waals surface area contributed by atoms with Crippen molar-refractivity contribution in [3.05, 3.63) is 0 Å². The molecule has 0 fully saturated rings. The number of rotatable bonds is 4. The summed E-state index contributed by atoms with van der Waals surface area (Å²) in [5.41, 5.74) is 0. The van der Waals surface area contributed by atoms with Crippen molar-refractivity contribution in [2.45, 2.75) is 26.7 Å². The van der Waals surface area contributed by atoms with Crippen LogP contribution in [-0.2, 0) is 4.74 Å². The Balaban J connectivity index is 3.21. The third kappa shape index (κ3) is 5.82. The van der Waals surface area contributed by atoms with E-state index in [2.05, 4.69) is 24.3 Å². The summed E-state index contributed by atoms with van der Waals surface area (Å²) in [7, 11) is 0. The number of carbonyl (C=O) groups excluding carboxylic acids is 1. The van der Waals surface area contributed by atoms with Crippen molar-refractivity contribution in [1.82, 2.24) is 0 Å². The molecule has 1 atom stereocenters. The number of carbonyl (C=O) groups is 1. The van der Waals surface area contributed by atoms with E-state index in [-0.39, 0.29) is 0 Å². The fourth-order valence-corrected chi connectivity index (χ4v) is 0.854. The zero-order valence-electron chi connectivity index (χ0n) is 6.42. The van der Waals surface area contributed by atoms with Gasteiger partial charge < -0.3 is 4.74 Å². The Morgan fingerprint density at radius 1 is 1.70 bits per heavy atom. The first-order valence-electron chi connectivity index (χ1n) is 3.50. The Labute approximate surface area is 67.4 Å². The van der Waals surface area contributed by atoms with Crippen LogP contribution in [0.25, 0.3) is 0 Å². The van der Waals surface area contributed by atoms with Crippen LogP contribution in [0.2, 0.25) is 0 Å². The number of hydrogen-bond donors (Lipinski definition) is 0. The highest BCUT2D eigenvalue weighted by molar-refractivity contribution is 7.96. The summed E-state index contributed by atoms with van der Waals surface area (Å²) in [4.78, 5) is 10.1. The molecule has 0 aromatic heterocycles. The molecule has 0 aromatic carbocycles. The van der Waals surface area contributed by atoms with Crippen LogP contribution in [0.4, 0.5) is 4.79 Å². The van der Waals surface area contributed by atoms with Crippen molar-refractivity contribution in [2.24, 2.45) is 5.92 Å². The van der Waals surface area contributed by atoms with Gasteiger partial charge in [-0.1, -0.05) is 20.3 Å². The first-order valence-corrected chi connectivity index (χ1v) is 3.91. The van der Waals surface area contributed by atoms with E-state index in [9.17, 15) is 4.79 Å². The standard InChI is InChI=1S/C7H13O2S/c1-3-4-6(2)5-9-7(8)10/h6H,3-5H2,1-2H3. The molecule has 10 heavy (non-hydrogen) atoms. The molecule has 0 bridgehead atoms. The molecule has 0 rings (SSSR count). The predicted molar refractivity (Wildman–Crippen MR) is 43.0 cm³/mol. The van der Waals surface area contributed by atoms with Crippen molar-refractivity contribution >= 4 is 17.9 Å². The van der Waals surface area contributed by atoms with Gasteiger partial charge in [-0.2, -0.15) is 0 Å². The molecule has 0 amide bonds. The Bertz CT molecular complexity index is 104. The van der Waals surface area contributed by atoms with E-state index in [0.717, 1.165) is 12.8 Å². The lowest BCUT2D eigenvalue weighted by Crippen LogP contribution is -2.06. The van der Waals surface area contributed by atoms with Gasteiger partial charge in [0.1, 0.15) is 0 Å². The van der Waals surface area contributed by atoms with Crippen molar-refractivity contribution in [1.29, 1.82) is 0 Å². The maximum absolute atomic E-state index is 10.1. The van der Waals surface area contributed by atoms with Crippen LogP contribution in [0.1, 0.15) is 26.7 Å². The zero-order chi connectivity index (χ0) is 7.98. The minimum atomic E-state index is -0.594. The van der Waals surface area contributed by atoms with Gasteiger partial charge in [0.25, 0.3) is 0 Å². The highest BCUT2D eigenvalue weighted by Crippen LogP contribution is 2.05. The third-order valence-electron chi connectivity index (χ3n) is 1.27. The van der Waals surface area contributed by atoms with E-state index in [1.54, 1.807) is 0 Å². The summed E-state index contributed by atoms with van der Waals surface area (Å²) < 4.78 is 4.63. The quantitative estimate of drug-likeness (QED) is 0.592. The van der Waals surface area contributed by atoms with Crippen LogP contribution < -0.4 is 0 Å². The Morgan fingerprint density at radius 2 is 2.30 bits per heavy atom. The number of ether oxygens (including phenoxy) is 1. The highest BCUT2D eigenvalue weighted by atomic mass is 32.1. The van der Waals surface area contributed by atoms with Crippen molar-refractivity contribution < 1.29 is 9.53 Å². The average Bonchev–Trinajstić information content (AvgIpc) is 1.85. The van der Waals surface area contributed by atoms with E-state index in [1.807, 2.05) is 6.92 Å². The zero-order valence-corrected chi connectivity index (χ0v) is 7.24. The summed E-state index contributed by atoms with van der Waals surface area (Å²) in [5, 5.41) is -0.594. The topological polar surface area (TPSA) is 26.3 Å².